The van der Waals surface area contributed by atoms with Crippen LogP contribution >= 0.6 is 0 Å². The number of carbonyl (C=O) groups excluding carboxylic acids is 2. The van der Waals surface area contributed by atoms with E-state index >= 15 is 0 Å². The van der Waals surface area contributed by atoms with Crippen LogP contribution in [0, 0.1) is 0 Å². The second-order valence-corrected chi connectivity index (χ2v) is 2.53. The van der Waals surface area contributed by atoms with Crippen molar-refractivity contribution >= 4 is 11.8 Å². The summed E-state index contributed by atoms with van der Waals surface area (Å²) in [5.74, 6) is -0.586. The Kier molecular flexibility index (Phi) is 3.51. The highest BCUT2D eigenvalue weighted by Gasteiger charge is 2.17. The second-order valence-electron chi connectivity index (χ2n) is 2.53. The first-order chi connectivity index (χ1) is 5.00. The number of hydrogen-bond acceptors (Lipinski definition) is 2. The van der Waals surface area contributed by atoms with Crippen molar-refractivity contribution in [2.75, 3.05) is 0 Å². The summed E-state index contributed by atoms with van der Waals surface area (Å²) in [6.07, 6.45) is 1.14. The first-order valence-electron chi connectivity index (χ1n) is 3.47. The van der Waals surface area contributed by atoms with Crippen molar-refractivity contribution in [2.24, 2.45) is 0 Å². The predicted molar refractivity (Wildman–Crippen MR) is 42.9 cm³/mol. The van der Waals surface area contributed by atoms with Gasteiger partial charge in [-0.3, -0.25) is 14.5 Å². The highest BCUT2D eigenvalue weighted by Crippen LogP contribution is 1.99. The highest BCUT2D eigenvalue weighted by molar-refractivity contribution is 6.00. The Morgan fingerprint density at radius 1 is 1.45 bits per heavy atom. The molecule has 2 amide bonds. The smallest absolute Gasteiger partial charge is 0.252 e. The van der Waals surface area contributed by atoms with Gasteiger partial charge in [0.15, 0.2) is 0 Å². The Morgan fingerprint density at radius 3 is 2.00 bits per heavy atom. The maximum absolute atomic E-state index is 11.0. The van der Waals surface area contributed by atoms with E-state index in [1.807, 2.05) is 0 Å². The van der Waals surface area contributed by atoms with Gasteiger partial charge in [-0.1, -0.05) is 6.58 Å². The monoisotopic (exact) mass is 155 g/mol. The third-order valence-electron chi connectivity index (χ3n) is 1.27. The number of hydrogen-bond donors (Lipinski definition) is 0. The highest BCUT2D eigenvalue weighted by atomic mass is 16.2. The summed E-state index contributed by atoms with van der Waals surface area (Å²) >= 11 is 0. The molecular weight excluding hydrogens is 142 g/mol. The van der Waals surface area contributed by atoms with Gasteiger partial charge in [-0.05, 0) is 19.9 Å². The molecule has 0 aliphatic heterocycles. The van der Waals surface area contributed by atoms with Crippen LogP contribution in [0.3, 0.4) is 0 Å². The lowest BCUT2D eigenvalue weighted by Crippen LogP contribution is -2.39. The van der Waals surface area contributed by atoms with Crippen molar-refractivity contribution in [3.8, 4) is 0 Å². The van der Waals surface area contributed by atoms with E-state index in [2.05, 4.69) is 6.58 Å². The van der Waals surface area contributed by atoms with Crippen LogP contribution in [0.15, 0.2) is 12.7 Å². The number of imide groups is 1. The maximum atomic E-state index is 11.0. The molecule has 0 aliphatic carbocycles. The molecule has 0 saturated heterocycles. The van der Waals surface area contributed by atoms with E-state index in [0.717, 1.165) is 11.0 Å². The summed E-state index contributed by atoms with van der Waals surface area (Å²) in [6, 6.07) is -0.0991. The van der Waals surface area contributed by atoms with E-state index in [0.29, 0.717) is 0 Å². The van der Waals surface area contributed by atoms with Crippen molar-refractivity contribution in [1.29, 1.82) is 0 Å². The molecule has 0 aromatic carbocycles. The standard InChI is InChI=1S/C8H13NO2/c1-5-8(11)9(6(2)3)7(4)10/h5-6H,1H2,2-4H3. The molecule has 0 spiro atoms. The minimum Gasteiger partial charge on any atom is -0.277 e. The van der Waals surface area contributed by atoms with Crippen molar-refractivity contribution in [3.05, 3.63) is 12.7 Å². The third kappa shape index (κ3) is 2.53. The van der Waals surface area contributed by atoms with E-state index in [9.17, 15) is 9.59 Å². The Labute approximate surface area is 66.7 Å². The van der Waals surface area contributed by atoms with E-state index in [1.165, 1.54) is 6.92 Å². The summed E-state index contributed by atoms with van der Waals surface area (Å²) in [4.78, 5) is 23.0. The number of carbonyl (C=O) groups is 2. The Bertz CT molecular complexity index is 185. The number of nitrogens with zero attached hydrogens (tertiary/aromatic N) is 1. The van der Waals surface area contributed by atoms with Gasteiger partial charge >= 0.3 is 0 Å². The van der Waals surface area contributed by atoms with Gasteiger partial charge < -0.3 is 0 Å². The molecule has 0 atom stereocenters. The minimum absolute atomic E-state index is 0.0991. The zero-order valence-electron chi connectivity index (χ0n) is 7.13. The van der Waals surface area contributed by atoms with Crippen molar-refractivity contribution in [3.63, 3.8) is 0 Å². The van der Waals surface area contributed by atoms with Crippen molar-refractivity contribution in [2.45, 2.75) is 26.8 Å². The summed E-state index contributed by atoms with van der Waals surface area (Å²) in [5, 5.41) is 0. The van der Waals surface area contributed by atoms with E-state index in [-0.39, 0.29) is 17.9 Å². The molecule has 0 aliphatic rings. The summed E-state index contributed by atoms with van der Waals surface area (Å²) in [6.45, 7) is 8.23. The number of rotatable bonds is 2. The Balaban J connectivity index is 4.46. The van der Waals surface area contributed by atoms with Crippen LogP contribution in [0.25, 0.3) is 0 Å². The van der Waals surface area contributed by atoms with Gasteiger partial charge in [0.1, 0.15) is 0 Å². The van der Waals surface area contributed by atoms with Crippen LogP contribution < -0.4 is 0 Å². The summed E-state index contributed by atoms with van der Waals surface area (Å²) in [5.41, 5.74) is 0. The molecule has 3 heteroatoms. The molecule has 0 heterocycles. The minimum atomic E-state index is -0.340. The molecule has 0 N–H and O–H groups in total. The lowest BCUT2D eigenvalue weighted by Gasteiger charge is -2.21. The van der Waals surface area contributed by atoms with Crippen LogP contribution in [0.5, 0.6) is 0 Å². The van der Waals surface area contributed by atoms with Crippen LogP contribution in [0.1, 0.15) is 20.8 Å². The SMILES string of the molecule is C=CC(=O)N(C(C)=O)C(C)C. The second kappa shape index (κ2) is 3.91. The van der Waals surface area contributed by atoms with Crippen LogP contribution in [0.4, 0.5) is 0 Å². The number of amides is 2. The molecule has 0 aromatic rings. The molecule has 3 nitrogen and oxygen atoms in total. The van der Waals surface area contributed by atoms with Crippen LogP contribution in [-0.4, -0.2) is 22.8 Å². The van der Waals surface area contributed by atoms with Gasteiger partial charge in [-0.15, -0.1) is 0 Å². The van der Waals surface area contributed by atoms with Gasteiger partial charge in [-0.25, -0.2) is 0 Å². The normalized spacial score (nSPS) is 9.45. The topological polar surface area (TPSA) is 37.4 Å². The largest absolute Gasteiger partial charge is 0.277 e. The average Bonchev–Trinajstić information content (AvgIpc) is 1.85. The Morgan fingerprint density at radius 2 is 1.91 bits per heavy atom. The average molecular weight is 155 g/mol. The fourth-order valence-corrected chi connectivity index (χ4v) is 0.872. The van der Waals surface area contributed by atoms with Crippen molar-refractivity contribution in [1.82, 2.24) is 4.90 Å². The van der Waals surface area contributed by atoms with Gasteiger partial charge in [0.2, 0.25) is 5.91 Å². The lowest BCUT2D eigenvalue weighted by molar-refractivity contribution is -0.142. The Hall–Kier alpha value is -1.12. The lowest BCUT2D eigenvalue weighted by atomic mass is 10.3. The van der Waals surface area contributed by atoms with Gasteiger partial charge in [0.05, 0.1) is 0 Å². The molecular formula is C8H13NO2. The van der Waals surface area contributed by atoms with E-state index in [4.69, 9.17) is 0 Å². The predicted octanol–water partition coefficient (Wildman–Crippen LogP) is 0.956. The van der Waals surface area contributed by atoms with Crippen LogP contribution in [0.2, 0.25) is 0 Å². The fourth-order valence-electron chi connectivity index (χ4n) is 0.872. The van der Waals surface area contributed by atoms with Crippen LogP contribution in [-0.2, 0) is 9.59 Å². The first kappa shape index (κ1) is 9.88. The quantitative estimate of drug-likeness (QED) is 0.557. The van der Waals surface area contributed by atoms with Gasteiger partial charge in [-0.2, -0.15) is 0 Å². The molecule has 62 valence electrons. The molecule has 0 aromatic heterocycles. The molecule has 0 unspecified atom stereocenters. The fraction of sp³-hybridized carbons (Fsp3) is 0.500. The third-order valence-corrected chi connectivity index (χ3v) is 1.27. The molecule has 0 radical (unpaired) electrons. The maximum Gasteiger partial charge on any atom is 0.252 e. The first-order valence-corrected chi connectivity index (χ1v) is 3.47. The molecule has 0 bridgehead atoms. The molecule has 11 heavy (non-hydrogen) atoms. The van der Waals surface area contributed by atoms with Gasteiger partial charge in [0.25, 0.3) is 5.91 Å². The molecule has 0 saturated carbocycles. The van der Waals surface area contributed by atoms with Gasteiger partial charge in [0, 0.05) is 13.0 Å². The van der Waals surface area contributed by atoms with E-state index in [1.54, 1.807) is 13.8 Å². The molecule has 0 rings (SSSR count). The van der Waals surface area contributed by atoms with E-state index < -0.39 is 0 Å². The summed E-state index contributed by atoms with van der Waals surface area (Å²) in [7, 11) is 0. The summed E-state index contributed by atoms with van der Waals surface area (Å²) < 4.78 is 0. The molecule has 0 fully saturated rings. The zero-order chi connectivity index (χ0) is 9.02. The van der Waals surface area contributed by atoms with Crippen molar-refractivity contribution < 1.29 is 9.59 Å². The zero-order valence-corrected chi connectivity index (χ0v) is 7.13.